The maximum Gasteiger partial charge on any atom is 0.313 e. The molecule has 2 aromatic carbocycles. The van der Waals surface area contributed by atoms with Crippen LogP contribution in [0.3, 0.4) is 0 Å². The van der Waals surface area contributed by atoms with Gasteiger partial charge in [-0.25, -0.2) is 0 Å². The Hall–Kier alpha value is -4.11. The van der Waals surface area contributed by atoms with Crippen LogP contribution in [0.4, 0.5) is 11.4 Å². The lowest BCUT2D eigenvalue weighted by Crippen LogP contribution is -2.50. The van der Waals surface area contributed by atoms with Crippen LogP contribution < -0.4 is 25.0 Å². The van der Waals surface area contributed by atoms with E-state index in [9.17, 15) is 9.59 Å². The van der Waals surface area contributed by atoms with Crippen LogP contribution in [0.25, 0.3) is 0 Å². The predicted octanol–water partition coefficient (Wildman–Crippen LogP) is 2.72. The largest absolute Gasteiger partial charge is 0.493 e. The third kappa shape index (κ3) is 6.11. The molecular formula is C27H31N5O4. The number of rotatable bonds is 8. The highest BCUT2D eigenvalue weighted by molar-refractivity contribution is 6.39. The minimum absolute atomic E-state index is 0.102. The monoisotopic (exact) mass is 489 g/mol. The number of pyridine rings is 1. The highest BCUT2D eigenvalue weighted by atomic mass is 16.5. The Kier molecular flexibility index (Phi) is 8.36. The Balaban J connectivity index is 1.38. The fourth-order valence-corrected chi connectivity index (χ4v) is 4.33. The number of hydrogen-bond donors (Lipinski definition) is 2. The zero-order chi connectivity index (χ0) is 25.3. The number of piperazine rings is 1. The number of carbonyl (C=O) groups is 2. The lowest BCUT2D eigenvalue weighted by molar-refractivity contribution is -0.136. The van der Waals surface area contributed by atoms with Crippen LogP contribution in [-0.4, -0.2) is 68.6 Å². The first-order chi connectivity index (χ1) is 17.6. The van der Waals surface area contributed by atoms with Crippen LogP contribution in [-0.2, 0) is 9.59 Å². The highest BCUT2D eigenvalue weighted by Gasteiger charge is 2.27. The lowest BCUT2D eigenvalue weighted by atomic mass is 10.1. The standard InChI is InChI=1S/C27H31N5O4/c1-35-24-11-10-21(17-25(24)36-2)30-27(34)26(33)29-19-23(20-7-6-12-28-18-20)32-15-13-31(14-16-32)22-8-4-3-5-9-22/h3-12,17-18,23H,13-16,19H2,1-2H3,(H,29,33)(H,30,34)/t23-/m0/s1. The van der Waals surface area contributed by atoms with Crippen LogP contribution >= 0.6 is 0 Å². The second-order valence-electron chi connectivity index (χ2n) is 8.39. The molecule has 1 aromatic heterocycles. The van der Waals surface area contributed by atoms with E-state index in [1.165, 1.54) is 19.9 Å². The molecule has 0 spiro atoms. The molecule has 0 unspecified atom stereocenters. The topological polar surface area (TPSA) is 96.0 Å². The zero-order valence-corrected chi connectivity index (χ0v) is 20.5. The van der Waals surface area contributed by atoms with Gasteiger partial charge in [-0.1, -0.05) is 24.3 Å². The third-order valence-corrected chi connectivity index (χ3v) is 6.25. The van der Waals surface area contributed by atoms with Gasteiger partial charge < -0.3 is 25.0 Å². The van der Waals surface area contributed by atoms with Gasteiger partial charge in [-0.15, -0.1) is 0 Å². The van der Waals surface area contributed by atoms with E-state index in [2.05, 4.69) is 37.6 Å². The van der Waals surface area contributed by atoms with Crippen molar-refractivity contribution in [1.82, 2.24) is 15.2 Å². The summed E-state index contributed by atoms with van der Waals surface area (Å²) < 4.78 is 10.5. The van der Waals surface area contributed by atoms with Gasteiger partial charge in [-0.3, -0.25) is 19.5 Å². The summed E-state index contributed by atoms with van der Waals surface area (Å²) in [6.45, 7) is 3.67. The van der Waals surface area contributed by atoms with Crippen LogP contribution in [0.15, 0.2) is 73.1 Å². The number of carbonyl (C=O) groups excluding carboxylic acids is 2. The normalized spacial score (nSPS) is 14.6. The second kappa shape index (κ2) is 12.0. The molecular weight excluding hydrogens is 458 g/mol. The van der Waals surface area contributed by atoms with Crippen molar-refractivity contribution in [2.75, 3.05) is 57.2 Å². The molecule has 188 valence electrons. The number of benzene rings is 2. The van der Waals surface area contributed by atoms with E-state index in [4.69, 9.17) is 9.47 Å². The quantitative estimate of drug-likeness (QED) is 0.470. The molecule has 1 fully saturated rings. The van der Waals surface area contributed by atoms with E-state index >= 15 is 0 Å². The van der Waals surface area contributed by atoms with Gasteiger partial charge in [-0.2, -0.15) is 0 Å². The Morgan fingerprint density at radius 2 is 1.67 bits per heavy atom. The molecule has 1 aliphatic heterocycles. The van der Waals surface area contributed by atoms with Gasteiger partial charge in [0, 0.05) is 62.6 Å². The van der Waals surface area contributed by atoms with Gasteiger partial charge in [-0.05, 0) is 35.9 Å². The third-order valence-electron chi connectivity index (χ3n) is 6.25. The van der Waals surface area contributed by atoms with Crippen molar-refractivity contribution in [2.24, 2.45) is 0 Å². The number of anilines is 2. The van der Waals surface area contributed by atoms with Crippen LogP contribution in [0, 0.1) is 0 Å². The first-order valence-electron chi connectivity index (χ1n) is 11.8. The van der Waals surface area contributed by atoms with E-state index in [1.807, 2.05) is 36.5 Å². The van der Waals surface area contributed by atoms with E-state index in [0.29, 0.717) is 17.2 Å². The maximum absolute atomic E-state index is 12.7. The summed E-state index contributed by atoms with van der Waals surface area (Å²) >= 11 is 0. The molecule has 36 heavy (non-hydrogen) atoms. The Morgan fingerprint density at radius 3 is 2.33 bits per heavy atom. The molecule has 9 nitrogen and oxygen atoms in total. The summed E-state index contributed by atoms with van der Waals surface area (Å²) in [5.41, 5.74) is 2.63. The van der Waals surface area contributed by atoms with Crippen molar-refractivity contribution >= 4 is 23.2 Å². The van der Waals surface area contributed by atoms with Crippen LogP contribution in [0.5, 0.6) is 11.5 Å². The van der Waals surface area contributed by atoms with E-state index in [0.717, 1.165) is 31.7 Å². The Labute approximate surface area is 211 Å². The van der Waals surface area contributed by atoms with Crippen molar-refractivity contribution in [2.45, 2.75) is 6.04 Å². The van der Waals surface area contributed by atoms with Crippen molar-refractivity contribution in [1.29, 1.82) is 0 Å². The van der Waals surface area contributed by atoms with Crippen molar-refractivity contribution in [3.8, 4) is 11.5 Å². The van der Waals surface area contributed by atoms with E-state index in [-0.39, 0.29) is 12.6 Å². The fourth-order valence-electron chi connectivity index (χ4n) is 4.33. The second-order valence-corrected chi connectivity index (χ2v) is 8.39. The molecule has 2 N–H and O–H groups in total. The van der Waals surface area contributed by atoms with Crippen molar-refractivity contribution < 1.29 is 19.1 Å². The molecule has 0 saturated carbocycles. The number of nitrogens with zero attached hydrogens (tertiary/aromatic N) is 3. The Morgan fingerprint density at radius 1 is 0.917 bits per heavy atom. The number of hydrogen-bond acceptors (Lipinski definition) is 7. The summed E-state index contributed by atoms with van der Waals surface area (Å²) in [5, 5.41) is 5.42. The van der Waals surface area contributed by atoms with Gasteiger partial charge >= 0.3 is 11.8 Å². The van der Waals surface area contributed by atoms with E-state index in [1.54, 1.807) is 24.4 Å². The molecule has 0 bridgehead atoms. The number of methoxy groups -OCH3 is 2. The van der Waals surface area contributed by atoms with Gasteiger partial charge in [0.15, 0.2) is 11.5 Å². The first-order valence-corrected chi connectivity index (χ1v) is 11.8. The van der Waals surface area contributed by atoms with E-state index < -0.39 is 11.8 Å². The molecule has 1 saturated heterocycles. The minimum Gasteiger partial charge on any atom is -0.493 e. The number of aromatic nitrogens is 1. The summed E-state index contributed by atoms with van der Waals surface area (Å²) in [6, 6.07) is 19.0. The highest BCUT2D eigenvalue weighted by Crippen LogP contribution is 2.29. The predicted molar refractivity (Wildman–Crippen MR) is 138 cm³/mol. The van der Waals surface area contributed by atoms with Gasteiger partial charge in [0.2, 0.25) is 0 Å². The summed E-state index contributed by atoms with van der Waals surface area (Å²) in [7, 11) is 3.04. The zero-order valence-electron chi connectivity index (χ0n) is 20.5. The average Bonchev–Trinajstić information content (AvgIpc) is 2.94. The van der Waals surface area contributed by atoms with Crippen LogP contribution in [0.1, 0.15) is 11.6 Å². The molecule has 1 atom stereocenters. The van der Waals surface area contributed by atoms with Gasteiger partial charge in [0.05, 0.1) is 20.3 Å². The minimum atomic E-state index is -0.749. The Bertz CT molecular complexity index is 1150. The van der Waals surface area contributed by atoms with Crippen molar-refractivity contribution in [3.05, 3.63) is 78.6 Å². The number of amides is 2. The average molecular weight is 490 g/mol. The smallest absolute Gasteiger partial charge is 0.313 e. The molecule has 0 radical (unpaired) electrons. The molecule has 2 amide bonds. The summed E-state index contributed by atoms with van der Waals surface area (Å²) in [5.74, 6) is -0.462. The summed E-state index contributed by atoms with van der Waals surface area (Å²) in [6.07, 6.45) is 3.53. The molecule has 2 heterocycles. The first kappa shape index (κ1) is 25.0. The molecule has 1 aliphatic rings. The summed E-state index contributed by atoms with van der Waals surface area (Å²) in [4.78, 5) is 34.2. The number of nitrogens with one attached hydrogen (secondary N) is 2. The number of para-hydroxylation sites is 1. The fraction of sp³-hybridized carbons (Fsp3) is 0.296. The molecule has 4 rings (SSSR count). The molecule has 0 aliphatic carbocycles. The molecule has 9 heteroatoms. The van der Waals surface area contributed by atoms with Crippen molar-refractivity contribution in [3.63, 3.8) is 0 Å². The van der Waals surface area contributed by atoms with Gasteiger partial charge in [0.1, 0.15) is 0 Å². The maximum atomic E-state index is 12.7. The lowest BCUT2D eigenvalue weighted by Gasteiger charge is -2.40. The number of ether oxygens (including phenoxy) is 2. The molecule has 3 aromatic rings. The van der Waals surface area contributed by atoms with Crippen LogP contribution in [0.2, 0.25) is 0 Å². The van der Waals surface area contributed by atoms with Gasteiger partial charge in [0.25, 0.3) is 0 Å². The SMILES string of the molecule is COc1ccc(NC(=O)C(=O)NC[C@@H](c2cccnc2)N2CCN(c3ccccc3)CC2)cc1OC.